The number of rotatable bonds is 7. The Balaban J connectivity index is 1.52. The Morgan fingerprint density at radius 3 is 2.69 bits per heavy atom. The van der Waals surface area contributed by atoms with Crippen LogP contribution in [-0.4, -0.2) is 32.6 Å². The summed E-state index contributed by atoms with van der Waals surface area (Å²) >= 11 is 0. The van der Waals surface area contributed by atoms with Gasteiger partial charge in [-0.1, -0.05) is 5.16 Å². The molecule has 2 aliphatic rings. The Morgan fingerprint density at radius 1 is 1.31 bits per heavy atom. The molecule has 0 saturated heterocycles. The van der Waals surface area contributed by atoms with Crippen molar-refractivity contribution < 1.29 is 14.1 Å². The molecule has 2 aromatic heterocycles. The Morgan fingerprint density at radius 2 is 2.08 bits per heavy atom. The number of carbonyl (C=O) groups excluding carboxylic acids is 1. The van der Waals surface area contributed by atoms with Gasteiger partial charge in [-0.3, -0.25) is 9.78 Å². The summed E-state index contributed by atoms with van der Waals surface area (Å²) in [5.41, 5.74) is 0.310. The Bertz CT molecular complexity index is 824. The van der Waals surface area contributed by atoms with E-state index in [1.807, 2.05) is 13.8 Å². The Hall–Kier alpha value is -2.51. The molecule has 0 bridgehead atoms. The summed E-state index contributed by atoms with van der Waals surface area (Å²) in [4.78, 5) is 25.8. The van der Waals surface area contributed by atoms with Gasteiger partial charge in [0.25, 0.3) is 5.91 Å². The van der Waals surface area contributed by atoms with E-state index in [-0.39, 0.29) is 11.6 Å². The number of aromatic nitrogens is 4. The van der Waals surface area contributed by atoms with Crippen LogP contribution in [0.25, 0.3) is 0 Å². The maximum atomic E-state index is 12.7. The van der Waals surface area contributed by atoms with Crippen LogP contribution in [0.15, 0.2) is 10.7 Å². The van der Waals surface area contributed by atoms with Crippen molar-refractivity contribution >= 4 is 5.91 Å². The van der Waals surface area contributed by atoms with Gasteiger partial charge in [-0.25, -0.2) is 4.98 Å². The van der Waals surface area contributed by atoms with Gasteiger partial charge in [-0.15, -0.1) is 0 Å². The first kappa shape index (κ1) is 16.9. The zero-order chi connectivity index (χ0) is 18.3. The van der Waals surface area contributed by atoms with Crippen molar-refractivity contribution in [1.29, 1.82) is 0 Å². The van der Waals surface area contributed by atoms with Gasteiger partial charge in [0.05, 0.1) is 18.3 Å². The summed E-state index contributed by atoms with van der Waals surface area (Å²) in [5, 5.41) is 6.78. The topological polar surface area (TPSA) is 103 Å². The van der Waals surface area contributed by atoms with Crippen LogP contribution in [-0.2, 0) is 5.54 Å². The molecule has 0 aromatic carbocycles. The van der Waals surface area contributed by atoms with E-state index in [4.69, 9.17) is 9.26 Å². The van der Waals surface area contributed by atoms with Crippen molar-refractivity contribution in [1.82, 2.24) is 25.4 Å². The van der Waals surface area contributed by atoms with Crippen LogP contribution in [0.4, 0.5) is 0 Å². The van der Waals surface area contributed by atoms with Crippen LogP contribution in [0.2, 0.25) is 0 Å². The van der Waals surface area contributed by atoms with Crippen LogP contribution in [0.3, 0.4) is 0 Å². The fourth-order valence-corrected chi connectivity index (χ4v) is 2.67. The first-order chi connectivity index (χ1) is 12.4. The molecule has 0 radical (unpaired) electrons. The molecule has 1 amide bonds. The third-order valence-electron chi connectivity index (χ3n) is 4.63. The van der Waals surface area contributed by atoms with E-state index in [1.54, 1.807) is 6.92 Å². The lowest BCUT2D eigenvalue weighted by molar-refractivity contribution is 0.0900. The molecular formula is C18H23N5O3. The van der Waals surface area contributed by atoms with E-state index in [2.05, 4.69) is 25.4 Å². The quantitative estimate of drug-likeness (QED) is 0.812. The molecule has 0 unspecified atom stereocenters. The third kappa shape index (κ3) is 3.68. The van der Waals surface area contributed by atoms with E-state index in [9.17, 15) is 4.79 Å². The summed E-state index contributed by atoms with van der Waals surface area (Å²) in [6, 6.07) is 0. The Labute approximate surface area is 151 Å². The van der Waals surface area contributed by atoms with Gasteiger partial charge in [-0.05, 0) is 45.4 Å². The minimum absolute atomic E-state index is 0.230. The number of hydrogen-bond donors (Lipinski definition) is 1. The zero-order valence-electron chi connectivity index (χ0n) is 15.3. The number of nitrogens with zero attached hydrogens (tertiary/aromatic N) is 4. The molecular weight excluding hydrogens is 334 g/mol. The highest BCUT2D eigenvalue weighted by atomic mass is 16.5. The van der Waals surface area contributed by atoms with Crippen LogP contribution in [0, 0.1) is 12.8 Å². The Kier molecular flexibility index (Phi) is 4.13. The van der Waals surface area contributed by atoms with Crippen LogP contribution >= 0.6 is 0 Å². The molecule has 0 aliphatic heterocycles. The largest absolute Gasteiger partial charge is 0.476 e. The first-order valence-electron chi connectivity index (χ1n) is 9.05. The average molecular weight is 357 g/mol. The second-order valence-electron chi connectivity index (χ2n) is 7.69. The highest BCUT2D eigenvalue weighted by Crippen LogP contribution is 2.42. The molecule has 4 rings (SSSR count). The fraction of sp³-hybridized carbons (Fsp3) is 0.611. The average Bonchev–Trinajstić information content (AvgIpc) is 3.51. The molecule has 8 heteroatoms. The van der Waals surface area contributed by atoms with Gasteiger partial charge in [0, 0.05) is 12.8 Å². The smallest absolute Gasteiger partial charge is 0.272 e. The zero-order valence-corrected chi connectivity index (χ0v) is 15.3. The summed E-state index contributed by atoms with van der Waals surface area (Å²) in [6.07, 6.45) is 6.12. The van der Waals surface area contributed by atoms with E-state index in [1.165, 1.54) is 19.0 Å². The van der Waals surface area contributed by atoms with E-state index >= 15 is 0 Å². The SMILES string of the molecule is Cc1nc(C(C)(C)NC(=O)c2cnc(C3CC3)c(OCC3CC3)n2)no1. The van der Waals surface area contributed by atoms with Crippen molar-refractivity contribution in [2.75, 3.05) is 6.61 Å². The van der Waals surface area contributed by atoms with Gasteiger partial charge in [0.2, 0.25) is 11.8 Å². The minimum atomic E-state index is -0.791. The third-order valence-corrected chi connectivity index (χ3v) is 4.63. The number of aryl methyl sites for hydroxylation is 1. The molecule has 26 heavy (non-hydrogen) atoms. The summed E-state index contributed by atoms with van der Waals surface area (Å²) < 4.78 is 10.9. The molecule has 2 saturated carbocycles. The second kappa shape index (κ2) is 6.34. The fourth-order valence-electron chi connectivity index (χ4n) is 2.67. The molecule has 2 aromatic rings. The first-order valence-corrected chi connectivity index (χ1v) is 9.05. The molecule has 2 aliphatic carbocycles. The number of hydrogen-bond acceptors (Lipinski definition) is 7. The summed E-state index contributed by atoms with van der Waals surface area (Å²) in [6.45, 7) is 5.98. The van der Waals surface area contributed by atoms with E-state index in [0.717, 1.165) is 18.5 Å². The second-order valence-corrected chi connectivity index (χ2v) is 7.69. The normalized spacial score (nSPS) is 17.2. The highest BCUT2D eigenvalue weighted by molar-refractivity contribution is 5.92. The van der Waals surface area contributed by atoms with E-state index in [0.29, 0.717) is 36.0 Å². The maximum Gasteiger partial charge on any atom is 0.272 e. The molecule has 138 valence electrons. The number of nitrogens with one attached hydrogen (secondary N) is 1. The predicted molar refractivity (Wildman–Crippen MR) is 91.8 cm³/mol. The molecule has 1 N–H and O–H groups in total. The minimum Gasteiger partial charge on any atom is -0.476 e. The van der Waals surface area contributed by atoms with Crippen molar-refractivity contribution in [3.63, 3.8) is 0 Å². The van der Waals surface area contributed by atoms with Crippen molar-refractivity contribution in [3.05, 3.63) is 29.3 Å². The maximum absolute atomic E-state index is 12.7. The van der Waals surface area contributed by atoms with Crippen LogP contribution < -0.4 is 10.1 Å². The van der Waals surface area contributed by atoms with Crippen LogP contribution in [0.1, 0.15) is 73.3 Å². The van der Waals surface area contributed by atoms with Gasteiger partial charge in [0.15, 0.2) is 11.5 Å². The lowest BCUT2D eigenvalue weighted by Gasteiger charge is -2.22. The van der Waals surface area contributed by atoms with Crippen molar-refractivity contribution in [2.45, 2.75) is 57.9 Å². The van der Waals surface area contributed by atoms with Crippen molar-refractivity contribution in [3.8, 4) is 5.88 Å². The summed E-state index contributed by atoms with van der Waals surface area (Å²) in [5.74, 6) is 2.04. The molecule has 8 nitrogen and oxygen atoms in total. The van der Waals surface area contributed by atoms with Crippen molar-refractivity contribution in [2.24, 2.45) is 5.92 Å². The van der Waals surface area contributed by atoms with Gasteiger partial charge < -0.3 is 14.6 Å². The molecule has 2 heterocycles. The van der Waals surface area contributed by atoms with Gasteiger partial charge >= 0.3 is 0 Å². The standard InChI is InChI=1S/C18H23N5O3/c1-10-20-17(23-26-10)18(2,3)22-15(24)13-8-19-14(12-6-7-12)16(21-13)25-9-11-4-5-11/h8,11-12H,4-7,9H2,1-3H3,(H,22,24). The highest BCUT2D eigenvalue weighted by Gasteiger charge is 2.33. The van der Waals surface area contributed by atoms with E-state index < -0.39 is 5.54 Å². The lowest BCUT2D eigenvalue weighted by atomic mass is 10.0. The number of ether oxygens (including phenoxy) is 1. The number of amides is 1. The van der Waals surface area contributed by atoms with Gasteiger partial charge in [0.1, 0.15) is 5.69 Å². The monoisotopic (exact) mass is 357 g/mol. The molecule has 2 fully saturated rings. The lowest BCUT2D eigenvalue weighted by Crippen LogP contribution is -2.42. The van der Waals surface area contributed by atoms with Crippen LogP contribution in [0.5, 0.6) is 5.88 Å². The predicted octanol–water partition coefficient (Wildman–Crippen LogP) is 2.50. The molecule has 0 atom stereocenters. The molecule has 0 spiro atoms. The van der Waals surface area contributed by atoms with Gasteiger partial charge in [-0.2, -0.15) is 4.98 Å². The summed E-state index contributed by atoms with van der Waals surface area (Å²) in [7, 11) is 0. The number of carbonyl (C=O) groups is 1.